The summed E-state index contributed by atoms with van der Waals surface area (Å²) in [6, 6.07) is 0.360. The molecule has 2 rings (SSSR count). The fourth-order valence-electron chi connectivity index (χ4n) is 2.91. The first-order valence-electron chi connectivity index (χ1n) is 6.85. The van der Waals surface area contributed by atoms with Gasteiger partial charge in [-0.15, -0.1) is 0 Å². The molecule has 4 nitrogen and oxygen atoms in total. The van der Waals surface area contributed by atoms with Crippen molar-refractivity contribution in [2.24, 2.45) is 11.8 Å². The molecule has 1 N–H and O–H groups in total. The van der Waals surface area contributed by atoms with Gasteiger partial charge < -0.3 is 5.32 Å². The van der Waals surface area contributed by atoms with Gasteiger partial charge in [-0.1, -0.05) is 38.3 Å². The van der Waals surface area contributed by atoms with Crippen molar-refractivity contribution in [3.8, 4) is 0 Å². The number of aldehydes is 1. The molecule has 2 atom stereocenters. The van der Waals surface area contributed by atoms with E-state index in [1.807, 2.05) is 0 Å². The van der Waals surface area contributed by atoms with E-state index in [0.29, 0.717) is 29.3 Å². The van der Waals surface area contributed by atoms with Gasteiger partial charge in [-0.3, -0.25) is 4.79 Å². The van der Waals surface area contributed by atoms with Crippen LogP contribution in [0.4, 0.5) is 5.82 Å². The number of nitrogens with one attached hydrogen (secondary N) is 1. The molecule has 1 heterocycles. The van der Waals surface area contributed by atoms with Crippen LogP contribution in [-0.2, 0) is 0 Å². The van der Waals surface area contributed by atoms with Crippen molar-refractivity contribution >= 4 is 23.7 Å². The maximum Gasteiger partial charge on any atom is 0.156 e. The van der Waals surface area contributed by atoms with Crippen molar-refractivity contribution in [2.75, 3.05) is 5.32 Å². The smallest absolute Gasteiger partial charge is 0.156 e. The summed E-state index contributed by atoms with van der Waals surface area (Å²) in [4.78, 5) is 19.1. The molecule has 0 spiro atoms. The molecule has 1 aliphatic rings. The molecule has 0 aliphatic heterocycles. The largest absolute Gasteiger partial charge is 0.366 e. The monoisotopic (exact) mass is 281 g/mol. The third kappa shape index (κ3) is 3.24. The van der Waals surface area contributed by atoms with E-state index in [-0.39, 0.29) is 5.15 Å². The molecule has 0 radical (unpaired) electrons. The summed E-state index contributed by atoms with van der Waals surface area (Å²) >= 11 is 5.92. The molecule has 1 fully saturated rings. The van der Waals surface area contributed by atoms with Crippen LogP contribution in [0.25, 0.3) is 0 Å². The minimum Gasteiger partial charge on any atom is -0.366 e. The highest BCUT2D eigenvalue weighted by molar-refractivity contribution is 6.32. The minimum atomic E-state index is 0.212. The number of aromatic nitrogens is 2. The Balaban J connectivity index is 2.19. The second kappa shape index (κ2) is 6.33. The third-order valence-electron chi connectivity index (χ3n) is 3.95. The van der Waals surface area contributed by atoms with E-state index in [0.717, 1.165) is 12.7 Å². The lowest BCUT2D eigenvalue weighted by atomic mass is 9.78. The zero-order valence-electron chi connectivity index (χ0n) is 11.4. The fourth-order valence-corrected chi connectivity index (χ4v) is 3.08. The normalized spacial score (nSPS) is 23.4. The van der Waals surface area contributed by atoms with Gasteiger partial charge in [0.1, 0.15) is 17.3 Å². The number of carbonyl (C=O) groups excluding carboxylic acids is 1. The number of hydrogen-bond acceptors (Lipinski definition) is 4. The Morgan fingerprint density at radius 1 is 1.37 bits per heavy atom. The molecule has 1 aliphatic carbocycles. The zero-order valence-corrected chi connectivity index (χ0v) is 12.2. The molecule has 1 aromatic heterocycles. The van der Waals surface area contributed by atoms with E-state index >= 15 is 0 Å². The number of carbonyl (C=O) groups is 1. The Morgan fingerprint density at radius 3 is 2.79 bits per heavy atom. The Labute approximate surface area is 119 Å². The van der Waals surface area contributed by atoms with Crippen LogP contribution in [0.1, 0.15) is 49.9 Å². The summed E-state index contributed by atoms with van der Waals surface area (Å²) in [5.74, 6) is 1.80. The van der Waals surface area contributed by atoms with E-state index in [2.05, 4.69) is 29.1 Å². The van der Waals surface area contributed by atoms with E-state index in [9.17, 15) is 4.79 Å². The summed E-state index contributed by atoms with van der Waals surface area (Å²) < 4.78 is 0. The van der Waals surface area contributed by atoms with Crippen LogP contribution in [-0.4, -0.2) is 22.3 Å². The lowest BCUT2D eigenvalue weighted by Crippen LogP contribution is -2.35. The van der Waals surface area contributed by atoms with Gasteiger partial charge in [0.25, 0.3) is 0 Å². The van der Waals surface area contributed by atoms with Crippen LogP contribution >= 0.6 is 11.6 Å². The highest BCUT2D eigenvalue weighted by atomic mass is 35.5. The molecule has 104 valence electrons. The van der Waals surface area contributed by atoms with Crippen LogP contribution < -0.4 is 5.32 Å². The summed E-state index contributed by atoms with van der Waals surface area (Å²) in [5.41, 5.74) is 0.359. The highest BCUT2D eigenvalue weighted by Gasteiger charge is 2.28. The van der Waals surface area contributed by atoms with Gasteiger partial charge in [0, 0.05) is 6.04 Å². The maximum atomic E-state index is 11.1. The van der Waals surface area contributed by atoms with Gasteiger partial charge in [-0.2, -0.15) is 0 Å². The summed E-state index contributed by atoms with van der Waals surface area (Å²) in [6.45, 7) is 4.50. The maximum absolute atomic E-state index is 11.1. The van der Waals surface area contributed by atoms with Gasteiger partial charge in [0.2, 0.25) is 0 Å². The fraction of sp³-hybridized carbons (Fsp3) is 0.643. The second-order valence-corrected chi connectivity index (χ2v) is 5.85. The predicted octanol–water partition coefficient (Wildman–Crippen LogP) is 3.57. The first-order valence-corrected chi connectivity index (χ1v) is 7.23. The first-order chi connectivity index (χ1) is 9.13. The number of anilines is 1. The van der Waals surface area contributed by atoms with Crippen molar-refractivity contribution in [1.29, 1.82) is 0 Å². The Hall–Kier alpha value is -1.16. The molecular formula is C14H20ClN3O. The molecular weight excluding hydrogens is 262 g/mol. The van der Waals surface area contributed by atoms with E-state index in [1.54, 1.807) is 0 Å². The molecule has 5 heteroatoms. The second-order valence-electron chi connectivity index (χ2n) is 5.49. The molecule has 2 unspecified atom stereocenters. The van der Waals surface area contributed by atoms with Gasteiger partial charge in [-0.05, 0) is 24.7 Å². The standard InChI is InChI=1S/C14H20ClN3O/c1-9(2)10-5-3-4-6-12(10)18-14-11(7-19)13(15)16-8-17-14/h7-10,12H,3-6H2,1-2H3,(H,16,17,18). The summed E-state index contributed by atoms with van der Waals surface area (Å²) in [6.07, 6.45) is 6.96. The van der Waals surface area contributed by atoms with E-state index in [1.165, 1.54) is 25.6 Å². The lowest BCUT2D eigenvalue weighted by Gasteiger charge is -2.35. The van der Waals surface area contributed by atoms with Crippen LogP contribution in [0.3, 0.4) is 0 Å². The zero-order chi connectivity index (χ0) is 13.8. The van der Waals surface area contributed by atoms with Gasteiger partial charge in [-0.25, -0.2) is 9.97 Å². The molecule has 1 aromatic rings. The molecule has 0 bridgehead atoms. The van der Waals surface area contributed by atoms with Crippen LogP contribution in [0.2, 0.25) is 5.15 Å². The van der Waals surface area contributed by atoms with Crippen molar-refractivity contribution in [1.82, 2.24) is 9.97 Å². The van der Waals surface area contributed by atoms with Crippen LogP contribution in [0.5, 0.6) is 0 Å². The first kappa shape index (κ1) is 14.3. The average molecular weight is 282 g/mol. The topological polar surface area (TPSA) is 54.9 Å². The summed E-state index contributed by atoms with van der Waals surface area (Å²) in [7, 11) is 0. The number of halogens is 1. The number of nitrogens with zero attached hydrogens (tertiary/aromatic N) is 2. The van der Waals surface area contributed by atoms with E-state index in [4.69, 9.17) is 11.6 Å². The van der Waals surface area contributed by atoms with Crippen molar-refractivity contribution in [3.05, 3.63) is 17.0 Å². The quantitative estimate of drug-likeness (QED) is 0.677. The number of hydrogen-bond donors (Lipinski definition) is 1. The van der Waals surface area contributed by atoms with Gasteiger partial charge in [0.15, 0.2) is 6.29 Å². The van der Waals surface area contributed by atoms with Crippen molar-refractivity contribution in [2.45, 2.75) is 45.6 Å². The molecule has 0 saturated heterocycles. The minimum absolute atomic E-state index is 0.212. The lowest BCUT2D eigenvalue weighted by molar-refractivity contribution is 0.112. The number of rotatable bonds is 4. The van der Waals surface area contributed by atoms with Crippen LogP contribution in [0.15, 0.2) is 6.33 Å². The SMILES string of the molecule is CC(C)C1CCCCC1Nc1ncnc(Cl)c1C=O. The third-order valence-corrected chi connectivity index (χ3v) is 4.25. The van der Waals surface area contributed by atoms with Crippen LogP contribution in [0, 0.1) is 11.8 Å². The molecule has 19 heavy (non-hydrogen) atoms. The molecule has 1 saturated carbocycles. The van der Waals surface area contributed by atoms with Crippen molar-refractivity contribution < 1.29 is 4.79 Å². The average Bonchev–Trinajstić information content (AvgIpc) is 2.39. The summed E-state index contributed by atoms with van der Waals surface area (Å²) in [5, 5.41) is 3.62. The van der Waals surface area contributed by atoms with Gasteiger partial charge >= 0.3 is 0 Å². The van der Waals surface area contributed by atoms with Gasteiger partial charge in [0.05, 0.1) is 5.56 Å². The molecule has 0 aromatic carbocycles. The Kier molecular flexibility index (Phi) is 4.75. The highest BCUT2D eigenvalue weighted by Crippen LogP contribution is 2.32. The Morgan fingerprint density at radius 2 is 2.11 bits per heavy atom. The predicted molar refractivity (Wildman–Crippen MR) is 76.6 cm³/mol. The molecule has 0 amide bonds. The Bertz CT molecular complexity index is 450. The van der Waals surface area contributed by atoms with E-state index < -0.39 is 0 Å². The van der Waals surface area contributed by atoms with Crippen molar-refractivity contribution in [3.63, 3.8) is 0 Å².